The monoisotopic (exact) mass is 231 g/mol. The average Bonchev–Trinajstić information content (AvgIpc) is 2.22. The molecule has 0 aromatic heterocycles. The third kappa shape index (κ3) is 7.86. The van der Waals surface area contributed by atoms with Crippen molar-refractivity contribution in [2.24, 2.45) is 0 Å². The Morgan fingerprint density at radius 3 is 2.47 bits per heavy atom. The van der Waals surface area contributed by atoms with Crippen molar-refractivity contribution in [2.75, 3.05) is 12.3 Å². The minimum absolute atomic E-state index is 0.147. The van der Waals surface area contributed by atoms with Gasteiger partial charge in [0.25, 0.3) is 0 Å². The molecule has 0 aliphatic rings. The van der Waals surface area contributed by atoms with Gasteiger partial charge in [-0.3, -0.25) is 4.79 Å². The van der Waals surface area contributed by atoms with Crippen LogP contribution in [0.2, 0.25) is 0 Å². The van der Waals surface area contributed by atoms with Gasteiger partial charge in [0, 0.05) is 23.8 Å². The lowest BCUT2D eigenvalue weighted by Crippen LogP contribution is -2.37. The standard InChI is InChI=1S/C12H25NOS/c1-6-10(3)13-9-12(4,5)15-8-11(14)7-2/h10,13H,6-9H2,1-5H3. The molecule has 0 saturated heterocycles. The van der Waals surface area contributed by atoms with Crippen LogP contribution in [-0.2, 0) is 4.79 Å². The first-order valence-corrected chi connectivity index (χ1v) is 6.79. The number of carbonyl (C=O) groups is 1. The topological polar surface area (TPSA) is 29.1 Å². The quantitative estimate of drug-likeness (QED) is 0.696. The molecule has 0 spiro atoms. The summed E-state index contributed by atoms with van der Waals surface area (Å²) < 4.78 is 0.147. The van der Waals surface area contributed by atoms with E-state index in [0.29, 0.717) is 24.0 Å². The number of hydrogen-bond acceptors (Lipinski definition) is 3. The van der Waals surface area contributed by atoms with E-state index in [1.165, 1.54) is 0 Å². The van der Waals surface area contributed by atoms with Gasteiger partial charge >= 0.3 is 0 Å². The van der Waals surface area contributed by atoms with Crippen molar-refractivity contribution in [3.63, 3.8) is 0 Å². The molecule has 90 valence electrons. The first kappa shape index (κ1) is 15.0. The molecule has 0 saturated carbocycles. The molecule has 1 atom stereocenters. The second-order valence-electron chi connectivity index (χ2n) is 4.63. The lowest BCUT2D eigenvalue weighted by atomic mass is 10.2. The molecule has 1 N–H and O–H groups in total. The summed E-state index contributed by atoms with van der Waals surface area (Å²) in [4.78, 5) is 11.2. The van der Waals surface area contributed by atoms with Gasteiger partial charge in [0.2, 0.25) is 0 Å². The lowest BCUT2D eigenvalue weighted by molar-refractivity contribution is -0.116. The lowest BCUT2D eigenvalue weighted by Gasteiger charge is -2.26. The van der Waals surface area contributed by atoms with Crippen molar-refractivity contribution >= 4 is 17.5 Å². The summed E-state index contributed by atoms with van der Waals surface area (Å²) in [6.45, 7) is 11.6. The molecule has 0 aliphatic carbocycles. The molecular weight excluding hydrogens is 206 g/mol. The van der Waals surface area contributed by atoms with E-state index in [2.05, 4.69) is 33.0 Å². The molecule has 0 amide bonds. The van der Waals surface area contributed by atoms with Crippen LogP contribution in [0.3, 0.4) is 0 Å². The summed E-state index contributed by atoms with van der Waals surface area (Å²) in [7, 11) is 0. The molecule has 0 bridgehead atoms. The van der Waals surface area contributed by atoms with Crippen LogP contribution in [0.25, 0.3) is 0 Å². The van der Waals surface area contributed by atoms with Crippen molar-refractivity contribution in [3.05, 3.63) is 0 Å². The number of nitrogens with one attached hydrogen (secondary N) is 1. The largest absolute Gasteiger partial charge is 0.313 e. The van der Waals surface area contributed by atoms with Gasteiger partial charge in [0.15, 0.2) is 0 Å². The van der Waals surface area contributed by atoms with Gasteiger partial charge in [0.1, 0.15) is 5.78 Å². The zero-order valence-electron chi connectivity index (χ0n) is 10.7. The Morgan fingerprint density at radius 2 is 2.00 bits per heavy atom. The third-order valence-corrected chi connectivity index (χ3v) is 3.90. The van der Waals surface area contributed by atoms with Gasteiger partial charge in [-0.05, 0) is 27.2 Å². The second-order valence-corrected chi connectivity index (χ2v) is 6.31. The van der Waals surface area contributed by atoms with E-state index in [9.17, 15) is 4.79 Å². The fourth-order valence-electron chi connectivity index (χ4n) is 0.993. The number of thioether (sulfide) groups is 1. The first-order chi connectivity index (χ1) is 6.91. The summed E-state index contributed by atoms with van der Waals surface area (Å²) in [5.41, 5.74) is 0. The number of rotatable bonds is 8. The zero-order chi connectivity index (χ0) is 11.9. The van der Waals surface area contributed by atoms with E-state index in [1.807, 2.05) is 6.92 Å². The zero-order valence-corrected chi connectivity index (χ0v) is 11.5. The van der Waals surface area contributed by atoms with Crippen molar-refractivity contribution in [3.8, 4) is 0 Å². The number of Topliss-reactive ketones (excluding diaryl/α,β-unsaturated/α-hetero) is 1. The highest BCUT2D eigenvalue weighted by molar-refractivity contribution is 8.01. The van der Waals surface area contributed by atoms with Crippen LogP contribution < -0.4 is 5.32 Å². The molecule has 2 nitrogen and oxygen atoms in total. The predicted octanol–water partition coefficient (Wildman–Crippen LogP) is 2.87. The Morgan fingerprint density at radius 1 is 1.40 bits per heavy atom. The minimum atomic E-state index is 0.147. The molecule has 15 heavy (non-hydrogen) atoms. The normalized spacial score (nSPS) is 13.9. The highest BCUT2D eigenvalue weighted by Gasteiger charge is 2.19. The van der Waals surface area contributed by atoms with Crippen LogP contribution in [0.1, 0.15) is 47.5 Å². The Bertz CT molecular complexity index is 192. The van der Waals surface area contributed by atoms with Crippen molar-refractivity contribution < 1.29 is 4.79 Å². The van der Waals surface area contributed by atoms with E-state index in [0.717, 1.165) is 13.0 Å². The molecule has 1 unspecified atom stereocenters. The highest BCUT2D eigenvalue weighted by Crippen LogP contribution is 2.23. The molecule has 0 rings (SSSR count). The van der Waals surface area contributed by atoms with Crippen LogP contribution in [0.5, 0.6) is 0 Å². The van der Waals surface area contributed by atoms with Crippen LogP contribution in [0.4, 0.5) is 0 Å². The Hall–Kier alpha value is -0.0200. The maximum absolute atomic E-state index is 11.2. The molecular formula is C12H25NOS. The van der Waals surface area contributed by atoms with Crippen molar-refractivity contribution in [1.29, 1.82) is 0 Å². The fourth-order valence-corrected chi connectivity index (χ4v) is 1.93. The highest BCUT2D eigenvalue weighted by atomic mass is 32.2. The minimum Gasteiger partial charge on any atom is -0.313 e. The van der Waals surface area contributed by atoms with Gasteiger partial charge in [-0.2, -0.15) is 0 Å². The summed E-state index contributed by atoms with van der Waals surface area (Å²) in [5, 5.41) is 3.48. The summed E-state index contributed by atoms with van der Waals surface area (Å²) in [6.07, 6.45) is 1.80. The van der Waals surface area contributed by atoms with E-state index >= 15 is 0 Å². The second kappa shape index (κ2) is 7.29. The molecule has 0 radical (unpaired) electrons. The Balaban J connectivity index is 3.80. The third-order valence-electron chi connectivity index (χ3n) is 2.51. The van der Waals surface area contributed by atoms with E-state index < -0.39 is 0 Å². The van der Waals surface area contributed by atoms with E-state index in [-0.39, 0.29) is 4.75 Å². The number of hydrogen-bond donors (Lipinski definition) is 1. The molecule has 0 heterocycles. The van der Waals surface area contributed by atoms with E-state index in [4.69, 9.17) is 0 Å². The Labute approximate surface area is 98.6 Å². The predicted molar refractivity (Wildman–Crippen MR) is 69.6 cm³/mol. The van der Waals surface area contributed by atoms with Gasteiger partial charge in [-0.1, -0.05) is 13.8 Å². The van der Waals surface area contributed by atoms with Gasteiger partial charge in [-0.25, -0.2) is 0 Å². The van der Waals surface area contributed by atoms with Crippen LogP contribution in [0, 0.1) is 0 Å². The fraction of sp³-hybridized carbons (Fsp3) is 0.917. The summed E-state index contributed by atoms with van der Waals surface area (Å²) in [5.74, 6) is 0.989. The number of ketones is 1. The maximum atomic E-state index is 11.2. The first-order valence-electron chi connectivity index (χ1n) is 5.80. The number of carbonyl (C=O) groups excluding carboxylic acids is 1. The van der Waals surface area contributed by atoms with Crippen molar-refractivity contribution in [1.82, 2.24) is 5.32 Å². The van der Waals surface area contributed by atoms with Crippen LogP contribution in [0.15, 0.2) is 0 Å². The Kier molecular flexibility index (Phi) is 7.28. The smallest absolute Gasteiger partial charge is 0.142 e. The van der Waals surface area contributed by atoms with Gasteiger partial charge in [-0.15, -0.1) is 11.8 Å². The SMILES string of the molecule is CCC(=O)CSC(C)(C)CNC(C)CC. The van der Waals surface area contributed by atoms with Gasteiger partial charge in [0.05, 0.1) is 5.75 Å². The molecule has 0 aromatic rings. The average molecular weight is 231 g/mol. The molecule has 3 heteroatoms. The maximum Gasteiger partial charge on any atom is 0.142 e. The molecule has 0 aliphatic heterocycles. The van der Waals surface area contributed by atoms with Crippen LogP contribution in [-0.4, -0.2) is 28.9 Å². The van der Waals surface area contributed by atoms with Crippen LogP contribution >= 0.6 is 11.8 Å². The van der Waals surface area contributed by atoms with E-state index in [1.54, 1.807) is 11.8 Å². The molecule has 0 aromatic carbocycles. The summed E-state index contributed by atoms with van der Waals surface area (Å²) >= 11 is 1.75. The summed E-state index contributed by atoms with van der Waals surface area (Å²) in [6, 6.07) is 0.562. The van der Waals surface area contributed by atoms with Gasteiger partial charge < -0.3 is 5.32 Å². The van der Waals surface area contributed by atoms with Crippen molar-refractivity contribution in [2.45, 2.75) is 58.2 Å². The molecule has 0 fully saturated rings.